The summed E-state index contributed by atoms with van der Waals surface area (Å²) in [5.41, 5.74) is 3.10. The lowest BCUT2D eigenvalue weighted by Crippen LogP contribution is -1.93. The summed E-state index contributed by atoms with van der Waals surface area (Å²) in [6.45, 7) is 1.60. The van der Waals surface area contributed by atoms with Crippen LogP contribution in [0.25, 0.3) is 12.2 Å². The Bertz CT molecular complexity index is 425. The summed E-state index contributed by atoms with van der Waals surface area (Å²) in [7, 11) is 0. The molecule has 0 heterocycles. The van der Waals surface area contributed by atoms with Crippen molar-refractivity contribution in [1.29, 1.82) is 0 Å². The summed E-state index contributed by atoms with van der Waals surface area (Å²) < 4.78 is 0. The first-order valence-corrected chi connectivity index (χ1v) is 4.75. The lowest BCUT2D eigenvalue weighted by molar-refractivity contribution is 0.101. The number of carbonyl (C=O) groups excluding carboxylic acids is 1. The fraction of sp³-hybridized carbons (Fsp3) is 0.154. The minimum absolute atomic E-state index is 0.120. The van der Waals surface area contributed by atoms with Crippen molar-refractivity contribution in [2.45, 2.75) is 13.3 Å². The number of benzene rings is 1. The van der Waals surface area contributed by atoms with Gasteiger partial charge >= 0.3 is 0 Å². The van der Waals surface area contributed by atoms with Gasteiger partial charge in [0.25, 0.3) is 0 Å². The molecule has 0 radical (unpaired) electrons. The topological polar surface area (TPSA) is 17.1 Å². The zero-order chi connectivity index (χ0) is 9.97. The zero-order valence-corrected chi connectivity index (χ0v) is 8.16. The highest BCUT2D eigenvalue weighted by Gasteiger charge is 2.03. The largest absolute Gasteiger partial charge is 0.295 e. The van der Waals surface area contributed by atoms with Crippen LogP contribution in [0.5, 0.6) is 0 Å². The quantitative estimate of drug-likeness (QED) is 0.612. The van der Waals surface area contributed by atoms with E-state index in [2.05, 4.69) is 24.3 Å². The van der Waals surface area contributed by atoms with Crippen LogP contribution in [0.15, 0.2) is 30.4 Å². The van der Waals surface area contributed by atoms with Crippen LogP contribution in [0.4, 0.5) is 0 Å². The SMILES string of the molecule is CC(=O)c1ccc2c(c1)C=CCC=C2. The molecular formula is C13H12O. The Morgan fingerprint density at radius 1 is 1.14 bits per heavy atom. The first kappa shape index (κ1) is 8.95. The van der Waals surface area contributed by atoms with E-state index < -0.39 is 0 Å². The molecule has 0 aliphatic heterocycles. The monoisotopic (exact) mass is 184 g/mol. The average molecular weight is 184 g/mol. The van der Waals surface area contributed by atoms with E-state index in [1.807, 2.05) is 18.2 Å². The van der Waals surface area contributed by atoms with Gasteiger partial charge in [0.2, 0.25) is 0 Å². The zero-order valence-electron chi connectivity index (χ0n) is 8.16. The smallest absolute Gasteiger partial charge is 0.159 e. The van der Waals surface area contributed by atoms with E-state index in [9.17, 15) is 4.79 Å². The van der Waals surface area contributed by atoms with Crippen LogP contribution in [0, 0.1) is 0 Å². The highest BCUT2D eigenvalue weighted by Crippen LogP contribution is 2.19. The van der Waals surface area contributed by atoms with Gasteiger partial charge in [-0.15, -0.1) is 0 Å². The minimum atomic E-state index is 0.120. The van der Waals surface area contributed by atoms with Gasteiger partial charge in [0, 0.05) is 5.56 Å². The second-order valence-corrected chi connectivity index (χ2v) is 3.44. The molecule has 0 unspecified atom stereocenters. The molecule has 1 nitrogen and oxygen atoms in total. The maximum atomic E-state index is 11.2. The summed E-state index contributed by atoms with van der Waals surface area (Å²) in [6, 6.07) is 5.83. The van der Waals surface area contributed by atoms with Crippen LogP contribution in [0.1, 0.15) is 34.8 Å². The van der Waals surface area contributed by atoms with Gasteiger partial charge in [-0.05, 0) is 30.5 Å². The van der Waals surface area contributed by atoms with Gasteiger partial charge in [-0.2, -0.15) is 0 Å². The standard InChI is InChI=1S/C13H12O/c1-10(14)12-8-7-11-5-3-2-4-6-13(11)9-12/h3-9H,2H2,1H3. The molecule has 70 valence electrons. The van der Waals surface area contributed by atoms with Crippen molar-refractivity contribution in [1.82, 2.24) is 0 Å². The third-order valence-corrected chi connectivity index (χ3v) is 2.36. The van der Waals surface area contributed by atoms with Crippen LogP contribution in [0.2, 0.25) is 0 Å². The Kier molecular flexibility index (Phi) is 2.32. The highest BCUT2D eigenvalue weighted by molar-refractivity contribution is 5.95. The number of fused-ring (bicyclic) bond motifs is 1. The number of hydrogen-bond acceptors (Lipinski definition) is 1. The van der Waals surface area contributed by atoms with E-state index >= 15 is 0 Å². The molecule has 1 aliphatic rings. The van der Waals surface area contributed by atoms with Gasteiger partial charge in [0.15, 0.2) is 5.78 Å². The fourth-order valence-corrected chi connectivity index (χ4v) is 1.56. The van der Waals surface area contributed by atoms with Crippen LogP contribution in [-0.2, 0) is 0 Å². The van der Waals surface area contributed by atoms with Crippen molar-refractivity contribution in [3.05, 3.63) is 47.0 Å². The predicted molar refractivity (Wildman–Crippen MR) is 59.1 cm³/mol. The summed E-state index contributed by atoms with van der Waals surface area (Å²) in [6.07, 6.45) is 9.35. The lowest BCUT2D eigenvalue weighted by atomic mass is 10.0. The van der Waals surface area contributed by atoms with Gasteiger partial charge in [-0.25, -0.2) is 0 Å². The lowest BCUT2D eigenvalue weighted by Gasteiger charge is -2.02. The molecule has 1 aliphatic carbocycles. The normalized spacial score (nSPS) is 13.5. The second-order valence-electron chi connectivity index (χ2n) is 3.44. The van der Waals surface area contributed by atoms with Crippen molar-refractivity contribution in [3.8, 4) is 0 Å². The number of allylic oxidation sites excluding steroid dienone is 2. The number of carbonyl (C=O) groups is 1. The van der Waals surface area contributed by atoms with Crippen molar-refractivity contribution >= 4 is 17.9 Å². The van der Waals surface area contributed by atoms with Crippen molar-refractivity contribution in [2.75, 3.05) is 0 Å². The number of Topliss-reactive ketones (excluding diaryl/α,β-unsaturated/α-hetero) is 1. The Hall–Kier alpha value is -1.63. The minimum Gasteiger partial charge on any atom is -0.295 e. The first-order chi connectivity index (χ1) is 6.77. The molecule has 1 heteroatoms. The Morgan fingerprint density at radius 2 is 1.86 bits per heavy atom. The highest BCUT2D eigenvalue weighted by atomic mass is 16.1. The van der Waals surface area contributed by atoms with Crippen LogP contribution in [0.3, 0.4) is 0 Å². The van der Waals surface area contributed by atoms with E-state index in [-0.39, 0.29) is 5.78 Å². The number of ketones is 1. The van der Waals surface area contributed by atoms with Crippen molar-refractivity contribution in [2.24, 2.45) is 0 Å². The van der Waals surface area contributed by atoms with Gasteiger partial charge < -0.3 is 0 Å². The summed E-state index contributed by atoms with van der Waals surface area (Å²) in [4.78, 5) is 11.2. The predicted octanol–water partition coefficient (Wildman–Crippen LogP) is 3.32. The molecule has 0 saturated carbocycles. The fourth-order valence-electron chi connectivity index (χ4n) is 1.56. The number of rotatable bonds is 1. The van der Waals surface area contributed by atoms with E-state index in [1.165, 1.54) is 5.56 Å². The molecule has 0 spiro atoms. The molecular weight excluding hydrogens is 172 g/mol. The Labute approximate surface area is 83.8 Å². The molecule has 0 fully saturated rings. The molecule has 1 aromatic carbocycles. The van der Waals surface area contributed by atoms with E-state index in [1.54, 1.807) is 6.92 Å². The summed E-state index contributed by atoms with van der Waals surface area (Å²) in [5, 5.41) is 0. The first-order valence-electron chi connectivity index (χ1n) is 4.75. The molecule has 0 amide bonds. The second kappa shape index (κ2) is 3.62. The third kappa shape index (κ3) is 1.67. The maximum Gasteiger partial charge on any atom is 0.159 e. The molecule has 0 bridgehead atoms. The molecule has 0 N–H and O–H groups in total. The van der Waals surface area contributed by atoms with Gasteiger partial charge in [0.05, 0.1) is 0 Å². The Balaban J connectivity index is 2.53. The van der Waals surface area contributed by atoms with Crippen LogP contribution in [-0.4, -0.2) is 5.78 Å². The third-order valence-electron chi connectivity index (χ3n) is 2.36. The van der Waals surface area contributed by atoms with E-state index in [0.717, 1.165) is 17.5 Å². The molecule has 0 saturated heterocycles. The number of hydrogen-bond donors (Lipinski definition) is 0. The molecule has 0 aromatic heterocycles. The van der Waals surface area contributed by atoms with Gasteiger partial charge in [0.1, 0.15) is 0 Å². The van der Waals surface area contributed by atoms with Gasteiger partial charge in [-0.1, -0.05) is 36.4 Å². The Morgan fingerprint density at radius 3 is 2.57 bits per heavy atom. The van der Waals surface area contributed by atoms with Crippen molar-refractivity contribution < 1.29 is 4.79 Å². The molecule has 1 aromatic rings. The molecule has 2 rings (SSSR count). The van der Waals surface area contributed by atoms with Crippen molar-refractivity contribution in [3.63, 3.8) is 0 Å². The maximum absolute atomic E-state index is 11.2. The summed E-state index contributed by atoms with van der Waals surface area (Å²) >= 11 is 0. The van der Waals surface area contributed by atoms with E-state index in [4.69, 9.17) is 0 Å². The van der Waals surface area contributed by atoms with Gasteiger partial charge in [-0.3, -0.25) is 4.79 Å². The average Bonchev–Trinajstić information content (AvgIpc) is 2.41. The van der Waals surface area contributed by atoms with Crippen LogP contribution >= 0.6 is 0 Å². The van der Waals surface area contributed by atoms with E-state index in [0.29, 0.717) is 0 Å². The molecule has 0 atom stereocenters. The van der Waals surface area contributed by atoms with Crippen LogP contribution < -0.4 is 0 Å². The summed E-state index contributed by atoms with van der Waals surface area (Å²) in [5.74, 6) is 0.120. The molecule has 14 heavy (non-hydrogen) atoms.